The Bertz CT molecular complexity index is 863. The van der Waals surface area contributed by atoms with Gasteiger partial charge in [-0.15, -0.1) is 0 Å². The van der Waals surface area contributed by atoms with Crippen LogP contribution in [0.5, 0.6) is 0 Å². The summed E-state index contributed by atoms with van der Waals surface area (Å²) < 4.78 is 5.98. The number of rotatable bonds is 6. The van der Waals surface area contributed by atoms with Gasteiger partial charge in [0.1, 0.15) is 0 Å². The van der Waals surface area contributed by atoms with Crippen LogP contribution in [-0.4, -0.2) is 51.5 Å². The first-order valence-corrected chi connectivity index (χ1v) is 9.25. The van der Waals surface area contributed by atoms with Crippen LogP contribution in [0.4, 0.5) is 5.95 Å². The number of amides is 1. The molecular formula is C20H23N5O2. The topological polar surface area (TPSA) is 83.1 Å². The molecule has 140 valence electrons. The molecule has 0 spiro atoms. The zero-order valence-electron chi connectivity index (χ0n) is 15.1. The van der Waals surface area contributed by atoms with Gasteiger partial charge in [0.15, 0.2) is 0 Å². The molecule has 1 atom stereocenters. The van der Waals surface area contributed by atoms with Gasteiger partial charge in [0.2, 0.25) is 11.9 Å². The number of para-hydroxylation sites is 2. The highest BCUT2D eigenvalue weighted by Crippen LogP contribution is 2.16. The molecule has 7 nitrogen and oxygen atoms in total. The second-order valence-corrected chi connectivity index (χ2v) is 6.78. The SMILES string of the molecule is O=C(CN1CCC[C@@H](OCc2ccccn2)C1)Nc1nc2ccccc2[nH]1. The van der Waals surface area contributed by atoms with Gasteiger partial charge >= 0.3 is 0 Å². The van der Waals surface area contributed by atoms with Gasteiger partial charge in [-0.3, -0.25) is 20.0 Å². The fourth-order valence-corrected chi connectivity index (χ4v) is 3.37. The quantitative estimate of drug-likeness (QED) is 0.701. The largest absolute Gasteiger partial charge is 0.371 e. The third-order valence-corrected chi connectivity index (χ3v) is 4.67. The molecule has 0 radical (unpaired) electrons. The fraction of sp³-hybridized carbons (Fsp3) is 0.350. The van der Waals surface area contributed by atoms with Gasteiger partial charge in [0.05, 0.1) is 36.0 Å². The highest BCUT2D eigenvalue weighted by molar-refractivity contribution is 5.92. The van der Waals surface area contributed by atoms with Crippen molar-refractivity contribution >= 4 is 22.9 Å². The molecule has 1 aliphatic rings. The first-order valence-electron chi connectivity index (χ1n) is 9.25. The Hall–Kier alpha value is -2.77. The molecule has 0 unspecified atom stereocenters. The number of carbonyl (C=O) groups is 1. The molecule has 3 heterocycles. The van der Waals surface area contributed by atoms with Crippen molar-refractivity contribution < 1.29 is 9.53 Å². The zero-order chi connectivity index (χ0) is 18.5. The normalized spacial score (nSPS) is 17.9. The summed E-state index contributed by atoms with van der Waals surface area (Å²) in [6.45, 7) is 2.49. The number of hydrogen-bond donors (Lipinski definition) is 2. The second-order valence-electron chi connectivity index (χ2n) is 6.78. The van der Waals surface area contributed by atoms with E-state index in [0.29, 0.717) is 19.1 Å². The third-order valence-electron chi connectivity index (χ3n) is 4.67. The molecule has 1 amide bonds. The lowest BCUT2D eigenvalue weighted by atomic mass is 10.1. The fourth-order valence-electron chi connectivity index (χ4n) is 3.37. The molecule has 27 heavy (non-hydrogen) atoms. The summed E-state index contributed by atoms with van der Waals surface area (Å²) in [5.41, 5.74) is 2.68. The van der Waals surface area contributed by atoms with Crippen LogP contribution in [0.25, 0.3) is 11.0 Å². The minimum Gasteiger partial charge on any atom is -0.371 e. The van der Waals surface area contributed by atoms with Crippen LogP contribution in [-0.2, 0) is 16.1 Å². The summed E-state index contributed by atoms with van der Waals surface area (Å²) in [5, 5.41) is 2.85. The maximum absolute atomic E-state index is 12.4. The number of aromatic nitrogens is 3. The predicted octanol–water partition coefficient (Wildman–Crippen LogP) is 2.58. The molecule has 1 aliphatic heterocycles. The van der Waals surface area contributed by atoms with Gasteiger partial charge in [-0.2, -0.15) is 0 Å². The van der Waals surface area contributed by atoms with E-state index in [4.69, 9.17) is 4.74 Å². The first kappa shape index (κ1) is 17.6. The zero-order valence-corrected chi connectivity index (χ0v) is 15.1. The number of ether oxygens (including phenoxy) is 1. The van der Waals surface area contributed by atoms with Crippen molar-refractivity contribution in [2.75, 3.05) is 25.0 Å². The molecule has 4 rings (SSSR count). The Morgan fingerprint density at radius 3 is 3.00 bits per heavy atom. The van der Waals surface area contributed by atoms with E-state index in [-0.39, 0.29) is 12.0 Å². The van der Waals surface area contributed by atoms with Crippen molar-refractivity contribution in [3.8, 4) is 0 Å². The number of aromatic amines is 1. The second kappa shape index (κ2) is 8.28. The maximum Gasteiger partial charge on any atom is 0.240 e. The van der Waals surface area contributed by atoms with Crippen LogP contribution in [0.1, 0.15) is 18.5 Å². The first-order chi connectivity index (χ1) is 13.3. The number of anilines is 1. The lowest BCUT2D eigenvalue weighted by Crippen LogP contribution is -2.43. The lowest BCUT2D eigenvalue weighted by Gasteiger charge is -2.31. The Kier molecular flexibility index (Phi) is 5.41. The Morgan fingerprint density at radius 2 is 2.15 bits per heavy atom. The van der Waals surface area contributed by atoms with Crippen molar-refractivity contribution in [2.24, 2.45) is 0 Å². The molecule has 2 N–H and O–H groups in total. The number of benzene rings is 1. The highest BCUT2D eigenvalue weighted by atomic mass is 16.5. The average Bonchev–Trinajstić information content (AvgIpc) is 3.09. The van der Waals surface area contributed by atoms with Crippen molar-refractivity contribution in [1.82, 2.24) is 19.9 Å². The molecular weight excluding hydrogens is 342 g/mol. The van der Waals surface area contributed by atoms with Gasteiger partial charge < -0.3 is 9.72 Å². The number of carbonyl (C=O) groups excluding carboxylic acids is 1. The summed E-state index contributed by atoms with van der Waals surface area (Å²) in [7, 11) is 0. The summed E-state index contributed by atoms with van der Waals surface area (Å²) in [6.07, 6.45) is 3.92. The van der Waals surface area contributed by atoms with E-state index in [1.165, 1.54) is 0 Å². The van der Waals surface area contributed by atoms with Crippen LogP contribution in [0.15, 0.2) is 48.7 Å². The summed E-state index contributed by atoms with van der Waals surface area (Å²) in [6, 6.07) is 13.5. The molecule has 3 aromatic rings. The van der Waals surface area contributed by atoms with Gasteiger partial charge in [-0.1, -0.05) is 18.2 Å². The summed E-state index contributed by atoms with van der Waals surface area (Å²) in [5.74, 6) is 0.417. The number of nitrogens with one attached hydrogen (secondary N) is 2. The van der Waals surface area contributed by atoms with E-state index in [2.05, 4.69) is 25.2 Å². The van der Waals surface area contributed by atoms with E-state index in [9.17, 15) is 4.79 Å². The van der Waals surface area contributed by atoms with Gasteiger partial charge in [0, 0.05) is 12.7 Å². The van der Waals surface area contributed by atoms with E-state index < -0.39 is 0 Å². The van der Waals surface area contributed by atoms with Crippen molar-refractivity contribution in [1.29, 1.82) is 0 Å². The molecule has 0 aliphatic carbocycles. The third kappa shape index (κ3) is 4.69. The number of nitrogens with zero attached hydrogens (tertiary/aromatic N) is 3. The smallest absolute Gasteiger partial charge is 0.240 e. The summed E-state index contributed by atoms with van der Waals surface area (Å²) in [4.78, 5) is 26.3. The van der Waals surface area contributed by atoms with E-state index >= 15 is 0 Å². The van der Waals surface area contributed by atoms with Crippen LogP contribution in [0, 0.1) is 0 Å². The van der Waals surface area contributed by atoms with Crippen LogP contribution in [0.2, 0.25) is 0 Å². The van der Waals surface area contributed by atoms with Crippen LogP contribution in [0.3, 0.4) is 0 Å². The number of H-pyrrole nitrogens is 1. The molecule has 0 bridgehead atoms. The molecule has 1 fully saturated rings. The number of fused-ring (bicyclic) bond motifs is 1. The van der Waals surface area contributed by atoms with Gasteiger partial charge in [-0.25, -0.2) is 4.98 Å². The van der Waals surface area contributed by atoms with Gasteiger partial charge in [0.25, 0.3) is 0 Å². The molecule has 1 aromatic carbocycles. The highest BCUT2D eigenvalue weighted by Gasteiger charge is 2.22. The van der Waals surface area contributed by atoms with E-state index in [1.807, 2.05) is 42.5 Å². The van der Waals surface area contributed by atoms with Crippen LogP contribution >= 0.6 is 0 Å². The molecule has 0 saturated carbocycles. The Labute approximate surface area is 157 Å². The minimum atomic E-state index is -0.0700. The molecule has 1 saturated heterocycles. The predicted molar refractivity (Wildman–Crippen MR) is 103 cm³/mol. The van der Waals surface area contributed by atoms with E-state index in [0.717, 1.165) is 42.7 Å². The Balaban J connectivity index is 1.27. The Morgan fingerprint density at radius 1 is 1.26 bits per heavy atom. The number of likely N-dealkylation sites (tertiary alicyclic amines) is 1. The minimum absolute atomic E-state index is 0.0700. The van der Waals surface area contributed by atoms with E-state index in [1.54, 1.807) is 6.20 Å². The van der Waals surface area contributed by atoms with Crippen molar-refractivity contribution in [3.63, 3.8) is 0 Å². The van der Waals surface area contributed by atoms with Crippen LogP contribution < -0.4 is 5.32 Å². The average molecular weight is 365 g/mol. The van der Waals surface area contributed by atoms with Crippen molar-refractivity contribution in [2.45, 2.75) is 25.6 Å². The number of pyridine rings is 1. The standard InChI is InChI=1S/C20H23N5O2/c26-19(24-20-22-17-8-1-2-9-18(17)23-20)13-25-11-5-7-16(12-25)27-14-15-6-3-4-10-21-15/h1-4,6,8-10,16H,5,7,11-14H2,(H2,22,23,24,26)/t16-/m1/s1. The van der Waals surface area contributed by atoms with Gasteiger partial charge in [-0.05, 0) is 43.7 Å². The number of piperidine rings is 1. The summed E-state index contributed by atoms with van der Waals surface area (Å²) >= 11 is 0. The molecule has 2 aromatic heterocycles. The number of hydrogen-bond acceptors (Lipinski definition) is 5. The maximum atomic E-state index is 12.4. The number of imidazole rings is 1. The molecule has 7 heteroatoms. The lowest BCUT2D eigenvalue weighted by molar-refractivity contribution is -0.118. The van der Waals surface area contributed by atoms with Crippen molar-refractivity contribution in [3.05, 3.63) is 54.4 Å². The monoisotopic (exact) mass is 365 g/mol.